The van der Waals surface area contributed by atoms with Gasteiger partial charge in [-0.2, -0.15) is 0 Å². The quantitative estimate of drug-likeness (QED) is 0.618. The van der Waals surface area contributed by atoms with Gasteiger partial charge in [0.2, 0.25) is 5.91 Å². The number of nitrogens with zero attached hydrogens (tertiary/aromatic N) is 1. The van der Waals surface area contributed by atoms with Crippen molar-refractivity contribution in [2.45, 2.75) is 39.2 Å². The molecule has 0 atom stereocenters. The first-order valence-electron chi connectivity index (χ1n) is 9.33. The lowest BCUT2D eigenvalue weighted by Gasteiger charge is -2.13. The first-order chi connectivity index (χ1) is 13.9. The standard InChI is InChI=1S/C21H19FN2O3S2/c1-12-11-28-21(27)24(12)10-17(25)23-20-18(15-7-2-3-8-16(15)29-20)19(26)13-5-4-6-14(22)9-13/h4-6,9,11H,2-3,7-8,10H2,1H3,(H,23,25). The molecule has 3 aromatic rings. The molecule has 1 amide bonds. The van der Waals surface area contributed by atoms with E-state index in [2.05, 4.69) is 5.32 Å². The highest BCUT2D eigenvalue weighted by atomic mass is 32.1. The van der Waals surface area contributed by atoms with Gasteiger partial charge in [0, 0.05) is 21.5 Å². The second-order valence-electron chi connectivity index (χ2n) is 7.03. The monoisotopic (exact) mass is 430 g/mol. The number of amides is 1. The van der Waals surface area contributed by atoms with Crippen molar-refractivity contribution in [2.24, 2.45) is 0 Å². The van der Waals surface area contributed by atoms with Gasteiger partial charge >= 0.3 is 4.87 Å². The van der Waals surface area contributed by atoms with E-state index >= 15 is 0 Å². The minimum atomic E-state index is -0.474. The Balaban J connectivity index is 1.68. The van der Waals surface area contributed by atoms with E-state index in [1.54, 1.807) is 18.4 Å². The minimum absolute atomic E-state index is 0.107. The number of halogens is 1. The molecule has 0 saturated carbocycles. The summed E-state index contributed by atoms with van der Waals surface area (Å²) >= 11 is 2.46. The summed E-state index contributed by atoms with van der Waals surface area (Å²) in [5, 5.41) is 5.03. The molecule has 1 N–H and O–H groups in total. The number of aromatic nitrogens is 1. The first kappa shape index (κ1) is 19.7. The Morgan fingerprint density at radius 3 is 2.76 bits per heavy atom. The van der Waals surface area contributed by atoms with Gasteiger partial charge in [-0.1, -0.05) is 23.5 Å². The van der Waals surface area contributed by atoms with Crippen LogP contribution in [0.2, 0.25) is 0 Å². The summed E-state index contributed by atoms with van der Waals surface area (Å²) in [6.45, 7) is 1.66. The molecule has 1 aliphatic carbocycles. The summed E-state index contributed by atoms with van der Waals surface area (Å²) in [6, 6.07) is 5.60. The number of nitrogens with one attached hydrogen (secondary N) is 1. The van der Waals surface area contributed by atoms with Crippen LogP contribution in [0.5, 0.6) is 0 Å². The molecule has 2 aromatic heterocycles. The van der Waals surface area contributed by atoms with Crippen molar-refractivity contribution in [1.29, 1.82) is 0 Å². The molecule has 5 nitrogen and oxygen atoms in total. The largest absolute Gasteiger partial charge is 0.316 e. The number of thiazole rings is 1. The Bertz CT molecular complexity index is 1160. The van der Waals surface area contributed by atoms with Crippen molar-refractivity contribution >= 4 is 39.4 Å². The maximum absolute atomic E-state index is 13.7. The van der Waals surface area contributed by atoms with Gasteiger partial charge in [-0.3, -0.25) is 19.0 Å². The van der Waals surface area contributed by atoms with Crippen molar-refractivity contribution in [1.82, 2.24) is 4.57 Å². The fourth-order valence-corrected chi connectivity index (χ4v) is 5.61. The summed E-state index contributed by atoms with van der Waals surface area (Å²) in [6.07, 6.45) is 3.64. The van der Waals surface area contributed by atoms with Gasteiger partial charge in [0.15, 0.2) is 5.78 Å². The number of hydrogen-bond donors (Lipinski definition) is 1. The number of hydrogen-bond acceptors (Lipinski definition) is 5. The van der Waals surface area contributed by atoms with Crippen LogP contribution in [0, 0.1) is 12.7 Å². The van der Waals surface area contributed by atoms with Crippen LogP contribution in [-0.2, 0) is 24.2 Å². The fourth-order valence-electron chi connectivity index (χ4n) is 3.57. The van der Waals surface area contributed by atoms with Gasteiger partial charge < -0.3 is 5.32 Å². The topological polar surface area (TPSA) is 68.2 Å². The van der Waals surface area contributed by atoms with Crippen LogP contribution in [0.4, 0.5) is 9.39 Å². The highest BCUT2D eigenvalue weighted by Crippen LogP contribution is 2.39. The average molecular weight is 431 g/mol. The number of rotatable bonds is 5. The van der Waals surface area contributed by atoms with Crippen LogP contribution >= 0.6 is 22.7 Å². The molecule has 29 heavy (non-hydrogen) atoms. The maximum atomic E-state index is 13.7. The molecule has 0 fully saturated rings. The molecule has 0 saturated heterocycles. The molecule has 8 heteroatoms. The predicted octanol–water partition coefficient (Wildman–Crippen LogP) is 4.17. The Kier molecular flexibility index (Phi) is 5.47. The molecule has 1 aromatic carbocycles. The van der Waals surface area contributed by atoms with Gasteiger partial charge in [0.05, 0.1) is 5.56 Å². The van der Waals surface area contributed by atoms with E-state index in [0.29, 0.717) is 10.6 Å². The summed E-state index contributed by atoms with van der Waals surface area (Å²) in [5.74, 6) is -1.12. The zero-order valence-electron chi connectivity index (χ0n) is 15.8. The minimum Gasteiger partial charge on any atom is -0.316 e. The van der Waals surface area contributed by atoms with Gasteiger partial charge in [0.1, 0.15) is 17.4 Å². The van der Waals surface area contributed by atoms with Crippen LogP contribution in [0.3, 0.4) is 0 Å². The number of thiophene rings is 1. The van der Waals surface area contributed by atoms with E-state index in [9.17, 15) is 18.8 Å². The predicted molar refractivity (Wildman–Crippen MR) is 113 cm³/mol. The summed E-state index contributed by atoms with van der Waals surface area (Å²) < 4.78 is 15.1. The number of fused-ring (bicyclic) bond motifs is 1. The van der Waals surface area contributed by atoms with E-state index in [-0.39, 0.29) is 28.7 Å². The second kappa shape index (κ2) is 8.04. The van der Waals surface area contributed by atoms with E-state index in [1.807, 2.05) is 0 Å². The van der Waals surface area contributed by atoms with Crippen molar-refractivity contribution < 1.29 is 14.0 Å². The highest BCUT2D eigenvalue weighted by molar-refractivity contribution is 7.17. The lowest BCUT2D eigenvalue weighted by Crippen LogP contribution is -2.25. The lowest BCUT2D eigenvalue weighted by molar-refractivity contribution is -0.116. The third-order valence-electron chi connectivity index (χ3n) is 5.02. The third-order valence-corrected chi connectivity index (χ3v) is 7.10. The van der Waals surface area contributed by atoms with Crippen LogP contribution < -0.4 is 10.2 Å². The van der Waals surface area contributed by atoms with Gasteiger partial charge in [-0.25, -0.2) is 4.39 Å². The molecule has 0 aliphatic heterocycles. The molecule has 150 valence electrons. The third kappa shape index (κ3) is 3.95. The molecule has 0 spiro atoms. The van der Waals surface area contributed by atoms with Crippen molar-refractivity contribution in [2.75, 3.05) is 5.32 Å². The van der Waals surface area contributed by atoms with E-state index in [0.717, 1.165) is 53.2 Å². The number of carbonyl (C=O) groups excluding carboxylic acids is 2. The smallest absolute Gasteiger partial charge is 0.307 e. The second-order valence-corrected chi connectivity index (χ2v) is 8.96. The Labute approximate surface area is 174 Å². The number of ketones is 1. The molecule has 0 radical (unpaired) electrons. The van der Waals surface area contributed by atoms with Gasteiger partial charge in [-0.05, 0) is 50.3 Å². The highest BCUT2D eigenvalue weighted by Gasteiger charge is 2.27. The first-order valence-corrected chi connectivity index (χ1v) is 11.0. The fraction of sp³-hybridized carbons (Fsp3) is 0.286. The maximum Gasteiger partial charge on any atom is 0.307 e. The number of carbonyl (C=O) groups is 2. The summed E-state index contributed by atoms with van der Waals surface area (Å²) in [7, 11) is 0. The van der Waals surface area contributed by atoms with Crippen molar-refractivity contribution in [3.63, 3.8) is 0 Å². The van der Waals surface area contributed by atoms with Crippen LogP contribution in [-0.4, -0.2) is 16.3 Å². The Morgan fingerprint density at radius 2 is 2.03 bits per heavy atom. The van der Waals surface area contributed by atoms with E-state index in [4.69, 9.17) is 0 Å². The van der Waals surface area contributed by atoms with Gasteiger partial charge in [-0.15, -0.1) is 11.3 Å². The molecular formula is C21H19FN2O3S2. The zero-order valence-corrected chi connectivity index (χ0v) is 17.4. The molecular weight excluding hydrogens is 411 g/mol. The van der Waals surface area contributed by atoms with Crippen molar-refractivity contribution in [3.05, 3.63) is 72.4 Å². The number of benzene rings is 1. The summed E-state index contributed by atoms with van der Waals surface area (Å²) in [5.41, 5.74) is 2.39. The molecule has 2 heterocycles. The SMILES string of the molecule is Cc1csc(=O)n1CC(=O)Nc1sc2c(c1C(=O)c1cccc(F)c1)CCCC2. The van der Waals surface area contributed by atoms with Crippen LogP contribution in [0.1, 0.15) is 44.9 Å². The number of anilines is 1. The van der Waals surface area contributed by atoms with Crippen molar-refractivity contribution in [3.8, 4) is 0 Å². The van der Waals surface area contributed by atoms with Gasteiger partial charge in [0.25, 0.3) is 0 Å². The Morgan fingerprint density at radius 1 is 1.24 bits per heavy atom. The molecule has 0 bridgehead atoms. The number of aryl methyl sites for hydroxylation is 2. The molecule has 0 unspecified atom stereocenters. The molecule has 1 aliphatic rings. The summed E-state index contributed by atoms with van der Waals surface area (Å²) in [4.78, 5) is 38.6. The lowest BCUT2D eigenvalue weighted by atomic mass is 9.92. The Hall–Kier alpha value is -2.58. The van der Waals surface area contributed by atoms with Crippen LogP contribution in [0.15, 0.2) is 34.4 Å². The zero-order chi connectivity index (χ0) is 20.5. The van der Waals surface area contributed by atoms with Crippen LogP contribution in [0.25, 0.3) is 0 Å². The van der Waals surface area contributed by atoms with E-state index in [1.165, 1.54) is 34.1 Å². The molecule has 4 rings (SSSR count). The van der Waals surface area contributed by atoms with E-state index < -0.39 is 5.82 Å². The normalized spacial score (nSPS) is 13.2. The average Bonchev–Trinajstić information content (AvgIpc) is 3.21.